The second-order valence-electron chi connectivity index (χ2n) is 2.21. The van der Waals surface area contributed by atoms with Crippen LogP contribution in [-0.2, 0) is 4.84 Å². The van der Waals surface area contributed by atoms with Crippen molar-refractivity contribution in [3.8, 4) is 0 Å². The summed E-state index contributed by atoms with van der Waals surface area (Å²) >= 11 is 0. The molecule has 0 aromatic rings. The van der Waals surface area contributed by atoms with Gasteiger partial charge in [0.15, 0.2) is 0 Å². The first-order valence-electron chi connectivity index (χ1n) is 3.67. The molecule has 0 saturated heterocycles. The molecular weight excluding hydrogens is 142 g/mol. The van der Waals surface area contributed by atoms with Gasteiger partial charge >= 0.3 is 0 Å². The van der Waals surface area contributed by atoms with Crippen LogP contribution in [0.25, 0.3) is 0 Å². The molecule has 0 spiro atoms. The highest BCUT2D eigenvalue weighted by Gasteiger charge is 1.99. The van der Waals surface area contributed by atoms with Gasteiger partial charge in [-0.2, -0.15) is 0 Å². The van der Waals surface area contributed by atoms with Gasteiger partial charge in [0.2, 0.25) is 0 Å². The molecule has 1 atom stereocenters. The first kappa shape index (κ1) is 10.2. The van der Waals surface area contributed by atoms with Crippen LogP contribution in [0, 0.1) is 0 Å². The number of allylic oxidation sites excluding steroid dienone is 1. The van der Waals surface area contributed by atoms with Crippen LogP contribution in [0.3, 0.4) is 0 Å². The molecule has 0 unspecified atom stereocenters. The van der Waals surface area contributed by atoms with E-state index in [-0.39, 0.29) is 0 Å². The Morgan fingerprint density at radius 2 is 2.36 bits per heavy atom. The van der Waals surface area contributed by atoms with E-state index in [0.29, 0.717) is 0 Å². The summed E-state index contributed by atoms with van der Waals surface area (Å²) in [5.74, 6) is 0. The predicted molar refractivity (Wildman–Crippen MR) is 45.6 cm³/mol. The molecule has 64 valence electrons. The average molecular weight is 157 g/mol. The van der Waals surface area contributed by atoms with Crippen molar-refractivity contribution in [3.63, 3.8) is 0 Å². The second kappa shape index (κ2) is 5.92. The van der Waals surface area contributed by atoms with Crippen molar-refractivity contribution in [2.45, 2.75) is 26.4 Å². The lowest BCUT2D eigenvalue weighted by atomic mass is 10.1. The zero-order chi connectivity index (χ0) is 8.69. The predicted octanol–water partition coefficient (Wildman–Crippen LogP) is 1.34. The molecule has 0 amide bonds. The van der Waals surface area contributed by atoms with Gasteiger partial charge in [-0.1, -0.05) is 18.2 Å². The molecule has 0 aliphatic rings. The molecule has 0 fully saturated rings. The quantitative estimate of drug-likeness (QED) is 0.494. The Labute approximate surface area is 67.4 Å². The highest BCUT2D eigenvalue weighted by Crippen LogP contribution is 1.99. The van der Waals surface area contributed by atoms with Crippen molar-refractivity contribution in [2.24, 2.45) is 5.16 Å². The minimum Gasteiger partial charge on any atom is -0.399 e. The van der Waals surface area contributed by atoms with Gasteiger partial charge < -0.3 is 9.94 Å². The maximum atomic E-state index is 9.15. The maximum Gasteiger partial charge on any atom is 0.106 e. The monoisotopic (exact) mass is 157 g/mol. The molecule has 0 bridgehead atoms. The molecule has 0 saturated carbocycles. The van der Waals surface area contributed by atoms with Gasteiger partial charge in [-0.3, -0.25) is 0 Å². The third kappa shape index (κ3) is 4.56. The van der Waals surface area contributed by atoms with Crippen LogP contribution in [0.2, 0.25) is 0 Å². The standard InChI is InChI=1S/C8H15NO2/c1-4-5-8(7(2)10)6-9-11-3/h5-7,10H,4H2,1-3H3/b8-5+,9-6-/t7-/m1/s1. The van der Waals surface area contributed by atoms with Crippen molar-refractivity contribution in [1.29, 1.82) is 0 Å². The van der Waals surface area contributed by atoms with Crippen molar-refractivity contribution < 1.29 is 9.94 Å². The highest BCUT2D eigenvalue weighted by atomic mass is 16.6. The van der Waals surface area contributed by atoms with E-state index >= 15 is 0 Å². The molecule has 0 aromatic carbocycles. The smallest absolute Gasteiger partial charge is 0.106 e. The Morgan fingerprint density at radius 1 is 1.73 bits per heavy atom. The molecule has 3 heteroatoms. The summed E-state index contributed by atoms with van der Waals surface area (Å²) in [7, 11) is 1.47. The summed E-state index contributed by atoms with van der Waals surface area (Å²) in [6.07, 6.45) is 3.84. The van der Waals surface area contributed by atoms with E-state index in [1.807, 2.05) is 13.0 Å². The number of aliphatic hydroxyl groups is 1. The van der Waals surface area contributed by atoms with E-state index in [2.05, 4.69) is 9.99 Å². The number of hydrogen-bond donors (Lipinski definition) is 1. The molecule has 0 aliphatic carbocycles. The minimum atomic E-state index is -0.478. The average Bonchev–Trinajstić information content (AvgIpc) is 1.97. The van der Waals surface area contributed by atoms with Gasteiger partial charge in [0.1, 0.15) is 7.11 Å². The molecule has 11 heavy (non-hydrogen) atoms. The Kier molecular flexibility index (Phi) is 5.47. The highest BCUT2D eigenvalue weighted by molar-refractivity contribution is 5.79. The van der Waals surface area contributed by atoms with E-state index < -0.39 is 6.10 Å². The number of rotatable bonds is 4. The van der Waals surface area contributed by atoms with Crippen molar-refractivity contribution in [3.05, 3.63) is 11.6 Å². The van der Waals surface area contributed by atoms with Crippen LogP contribution < -0.4 is 0 Å². The fourth-order valence-corrected chi connectivity index (χ4v) is 0.680. The molecule has 0 radical (unpaired) electrons. The van der Waals surface area contributed by atoms with Crippen LogP contribution in [-0.4, -0.2) is 24.5 Å². The van der Waals surface area contributed by atoms with Gasteiger partial charge in [-0.25, -0.2) is 0 Å². The van der Waals surface area contributed by atoms with E-state index in [4.69, 9.17) is 5.11 Å². The summed E-state index contributed by atoms with van der Waals surface area (Å²) in [5.41, 5.74) is 0.786. The van der Waals surface area contributed by atoms with E-state index in [1.54, 1.807) is 6.92 Å². The molecule has 0 aromatic heterocycles. The van der Waals surface area contributed by atoms with Gasteiger partial charge in [-0.05, 0) is 18.9 Å². The molecule has 3 nitrogen and oxygen atoms in total. The van der Waals surface area contributed by atoms with Gasteiger partial charge in [0.05, 0.1) is 12.3 Å². The molecule has 1 N–H and O–H groups in total. The van der Waals surface area contributed by atoms with E-state index in [0.717, 1.165) is 12.0 Å². The first-order valence-corrected chi connectivity index (χ1v) is 3.67. The van der Waals surface area contributed by atoms with Gasteiger partial charge in [0, 0.05) is 0 Å². The zero-order valence-electron chi connectivity index (χ0n) is 7.24. The molecule has 0 rings (SSSR count). The molecular formula is C8H15NO2. The number of hydrogen-bond acceptors (Lipinski definition) is 3. The lowest BCUT2D eigenvalue weighted by Gasteiger charge is -2.02. The topological polar surface area (TPSA) is 41.8 Å². The SMILES string of the molecule is CC/C=C(\C=N/OC)[C@@H](C)O. The summed E-state index contributed by atoms with van der Waals surface area (Å²) in [4.78, 5) is 4.49. The van der Waals surface area contributed by atoms with Crippen molar-refractivity contribution >= 4 is 6.21 Å². The van der Waals surface area contributed by atoms with E-state index in [9.17, 15) is 0 Å². The van der Waals surface area contributed by atoms with Crippen LogP contribution in [0.15, 0.2) is 16.8 Å². The summed E-state index contributed by atoms with van der Waals surface area (Å²) in [6, 6.07) is 0. The maximum absolute atomic E-state index is 9.15. The van der Waals surface area contributed by atoms with Crippen molar-refractivity contribution in [1.82, 2.24) is 0 Å². The first-order chi connectivity index (χ1) is 5.22. The number of aliphatic hydroxyl groups excluding tert-OH is 1. The van der Waals surface area contributed by atoms with Crippen LogP contribution in [0.1, 0.15) is 20.3 Å². The normalized spacial score (nSPS) is 15.5. The Bertz CT molecular complexity index is 150. The van der Waals surface area contributed by atoms with Crippen LogP contribution in [0.5, 0.6) is 0 Å². The second-order valence-corrected chi connectivity index (χ2v) is 2.21. The van der Waals surface area contributed by atoms with Crippen LogP contribution in [0.4, 0.5) is 0 Å². The Hall–Kier alpha value is -0.830. The number of nitrogens with zero attached hydrogens (tertiary/aromatic N) is 1. The lowest BCUT2D eigenvalue weighted by Crippen LogP contribution is -2.05. The van der Waals surface area contributed by atoms with Gasteiger partial charge in [-0.15, -0.1) is 0 Å². The third-order valence-electron chi connectivity index (χ3n) is 1.23. The number of oxime groups is 1. The lowest BCUT2D eigenvalue weighted by molar-refractivity contribution is 0.211. The fourth-order valence-electron chi connectivity index (χ4n) is 0.680. The van der Waals surface area contributed by atoms with E-state index in [1.165, 1.54) is 13.3 Å². The largest absolute Gasteiger partial charge is 0.399 e. The zero-order valence-corrected chi connectivity index (χ0v) is 7.24. The van der Waals surface area contributed by atoms with Gasteiger partial charge in [0.25, 0.3) is 0 Å². The fraction of sp³-hybridized carbons (Fsp3) is 0.625. The summed E-state index contributed by atoms with van der Waals surface area (Å²) < 4.78 is 0. The van der Waals surface area contributed by atoms with Crippen molar-refractivity contribution in [2.75, 3.05) is 7.11 Å². The minimum absolute atomic E-state index is 0.478. The summed E-state index contributed by atoms with van der Waals surface area (Å²) in [5, 5.41) is 12.7. The molecule has 0 aliphatic heterocycles. The van der Waals surface area contributed by atoms with Crippen LogP contribution >= 0.6 is 0 Å². The molecule has 0 heterocycles. The Morgan fingerprint density at radius 3 is 2.73 bits per heavy atom. The summed E-state index contributed by atoms with van der Waals surface area (Å²) in [6.45, 7) is 3.70. The third-order valence-corrected chi connectivity index (χ3v) is 1.23. The Balaban J connectivity index is 4.11.